The first-order valence-corrected chi connectivity index (χ1v) is 6.75. The van der Waals surface area contributed by atoms with Gasteiger partial charge in [0.25, 0.3) is 5.91 Å². The van der Waals surface area contributed by atoms with E-state index >= 15 is 0 Å². The molecule has 0 aliphatic rings. The number of anilines is 2. The lowest BCUT2D eigenvalue weighted by atomic mass is 10.2. The molecule has 118 valence electrons. The monoisotopic (exact) mass is 304 g/mol. The number of carbonyl (C=O) groups excluding carboxylic acids is 1. The average Bonchev–Trinajstić information content (AvgIpc) is 2.72. The van der Waals surface area contributed by atoms with Crippen molar-refractivity contribution >= 4 is 17.4 Å². The molecule has 0 saturated heterocycles. The Morgan fingerprint density at radius 2 is 2.05 bits per heavy atom. The Hall–Kier alpha value is -2.64. The molecule has 8 heteroatoms. The maximum atomic E-state index is 12.5. The Kier molecular flexibility index (Phi) is 4.30. The van der Waals surface area contributed by atoms with Gasteiger partial charge in [-0.3, -0.25) is 9.48 Å². The van der Waals surface area contributed by atoms with E-state index in [4.69, 9.17) is 4.74 Å². The van der Waals surface area contributed by atoms with Crippen LogP contribution in [0.3, 0.4) is 0 Å². The first kappa shape index (κ1) is 15.7. The summed E-state index contributed by atoms with van der Waals surface area (Å²) in [6.45, 7) is 3.66. The molecular weight excluding hydrogens is 284 g/mol. The molecule has 0 spiro atoms. The standard InChI is InChI=1S/C14H20N6O2/c1-8-11(9(2)20(5)18-8)13(21)16-10-7-15-14(22-6)17-12(10)19(3)4/h7H,1-6H3,(H,16,21). The van der Waals surface area contributed by atoms with E-state index in [1.165, 1.54) is 13.3 Å². The third-order valence-electron chi connectivity index (χ3n) is 3.34. The fourth-order valence-electron chi connectivity index (χ4n) is 2.17. The van der Waals surface area contributed by atoms with E-state index in [9.17, 15) is 4.79 Å². The molecule has 0 aliphatic carbocycles. The van der Waals surface area contributed by atoms with Gasteiger partial charge in [0, 0.05) is 26.8 Å². The second-order valence-corrected chi connectivity index (χ2v) is 5.11. The van der Waals surface area contributed by atoms with E-state index in [0.29, 0.717) is 22.8 Å². The van der Waals surface area contributed by atoms with Crippen molar-refractivity contribution in [1.29, 1.82) is 0 Å². The average molecular weight is 304 g/mol. The summed E-state index contributed by atoms with van der Waals surface area (Å²) in [4.78, 5) is 22.6. The molecule has 2 rings (SSSR count). The van der Waals surface area contributed by atoms with Crippen molar-refractivity contribution in [2.24, 2.45) is 7.05 Å². The van der Waals surface area contributed by atoms with Crippen molar-refractivity contribution in [2.75, 3.05) is 31.4 Å². The SMILES string of the molecule is COc1ncc(NC(=O)c2c(C)nn(C)c2C)c(N(C)C)n1. The van der Waals surface area contributed by atoms with Crippen molar-refractivity contribution in [3.05, 3.63) is 23.1 Å². The van der Waals surface area contributed by atoms with Crippen molar-refractivity contribution in [3.63, 3.8) is 0 Å². The predicted octanol–water partition coefficient (Wildman–Crippen LogP) is 1.15. The molecule has 2 heterocycles. The molecule has 2 aromatic rings. The first-order chi connectivity index (χ1) is 10.3. The van der Waals surface area contributed by atoms with Crippen LogP contribution in [0.4, 0.5) is 11.5 Å². The quantitative estimate of drug-likeness (QED) is 0.912. The molecule has 0 aliphatic heterocycles. The summed E-state index contributed by atoms with van der Waals surface area (Å²) in [5.74, 6) is 0.333. The zero-order chi connectivity index (χ0) is 16.4. The van der Waals surface area contributed by atoms with E-state index in [-0.39, 0.29) is 11.9 Å². The summed E-state index contributed by atoms with van der Waals surface area (Å²) >= 11 is 0. The van der Waals surface area contributed by atoms with Gasteiger partial charge in [0.1, 0.15) is 5.69 Å². The van der Waals surface area contributed by atoms with Gasteiger partial charge >= 0.3 is 6.01 Å². The minimum absolute atomic E-state index is 0.236. The van der Waals surface area contributed by atoms with Gasteiger partial charge in [-0.05, 0) is 13.8 Å². The Morgan fingerprint density at radius 3 is 2.55 bits per heavy atom. The fourth-order valence-corrected chi connectivity index (χ4v) is 2.17. The molecule has 0 radical (unpaired) electrons. The van der Waals surface area contributed by atoms with Crippen LogP contribution in [0.1, 0.15) is 21.7 Å². The van der Waals surface area contributed by atoms with Gasteiger partial charge in [0.2, 0.25) is 0 Å². The number of hydrogen-bond donors (Lipinski definition) is 1. The van der Waals surface area contributed by atoms with Crippen LogP contribution in [0.2, 0.25) is 0 Å². The lowest BCUT2D eigenvalue weighted by Gasteiger charge is -2.16. The summed E-state index contributed by atoms with van der Waals surface area (Å²) in [6.07, 6.45) is 1.53. The zero-order valence-corrected chi connectivity index (χ0v) is 13.6. The summed E-state index contributed by atoms with van der Waals surface area (Å²) in [5, 5.41) is 7.09. The van der Waals surface area contributed by atoms with Gasteiger partial charge in [-0.15, -0.1) is 0 Å². The Morgan fingerprint density at radius 1 is 1.36 bits per heavy atom. The normalized spacial score (nSPS) is 10.5. The van der Waals surface area contributed by atoms with Gasteiger partial charge in [0.15, 0.2) is 5.82 Å². The highest BCUT2D eigenvalue weighted by molar-refractivity contribution is 6.07. The summed E-state index contributed by atoms with van der Waals surface area (Å²) < 4.78 is 6.70. The van der Waals surface area contributed by atoms with Gasteiger partial charge in [-0.2, -0.15) is 10.1 Å². The van der Waals surface area contributed by atoms with Gasteiger partial charge in [-0.1, -0.05) is 0 Å². The number of hydrogen-bond acceptors (Lipinski definition) is 6. The number of rotatable bonds is 4. The van der Waals surface area contributed by atoms with Gasteiger partial charge in [-0.25, -0.2) is 4.98 Å². The molecule has 22 heavy (non-hydrogen) atoms. The van der Waals surface area contributed by atoms with Crippen molar-refractivity contribution in [1.82, 2.24) is 19.7 Å². The smallest absolute Gasteiger partial charge is 0.318 e. The Balaban J connectivity index is 2.36. The third kappa shape index (κ3) is 2.85. The van der Waals surface area contributed by atoms with E-state index < -0.39 is 0 Å². The number of ether oxygens (including phenoxy) is 1. The number of methoxy groups -OCH3 is 1. The van der Waals surface area contributed by atoms with Crippen LogP contribution in [-0.4, -0.2) is 46.9 Å². The van der Waals surface area contributed by atoms with Crippen LogP contribution in [0.5, 0.6) is 6.01 Å². The molecule has 0 saturated carbocycles. The van der Waals surface area contributed by atoms with Crippen LogP contribution >= 0.6 is 0 Å². The molecule has 0 fully saturated rings. The number of nitrogens with zero attached hydrogens (tertiary/aromatic N) is 5. The van der Waals surface area contributed by atoms with Gasteiger partial charge < -0.3 is 15.0 Å². The highest BCUT2D eigenvalue weighted by Gasteiger charge is 2.19. The summed E-state index contributed by atoms with van der Waals surface area (Å²) in [7, 11) is 6.96. The topological polar surface area (TPSA) is 85.2 Å². The molecule has 1 amide bonds. The van der Waals surface area contributed by atoms with Gasteiger partial charge in [0.05, 0.1) is 24.6 Å². The Labute approximate surface area is 129 Å². The highest BCUT2D eigenvalue weighted by atomic mass is 16.5. The summed E-state index contributed by atoms with van der Waals surface area (Å²) in [6, 6.07) is 0.246. The van der Waals surface area contributed by atoms with E-state index in [1.54, 1.807) is 23.6 Å². The van der Waals surface area contributed by atoms with E-state index in [2.05, 4.69) is 20.4 Å². The van der Waals surface area contributed by atoms with E-state index in [1.807, 2.05) is 21.0 Å². The minimum atomic E-state index is -0.236. The van der Waals surface area contributed by atoms with Crippen molar-refractivity contribution in [2.45, 2.75) is 13.8 Å². The number of nitrogens with one attached hydrogen (secondary N) is 1. The summed E-state index contributed by atoms with van der Waals surface area (Å²) in [5.41, 5.74) is 2.55. The fraction of sp³-hybridized carbons (Fsp3) is 0.429. The Bertz CT molecular complexity index is 708. The number of carbonyl (C=O) groups is 1. The largest absolute Gasteiger partial charge is 0.467 e. The molecule has 0 atom stereocenters. The number of aryl methyl sites for hydroxylation is 2. The molecule has 0 unspecified atom stereocenters. The lowest BCUT2D eigenvalue weighted by molar-refractivity contribution is 0.102. The second kappa shape index (κ2) is 6.00. The molecule has 1 N–H and O–H groups in total. The van der Waals surface area contributed by atoms with Crippen LogP contribution < -0.4 is 15.0 Å². The maximum Gasteiger partial charge on any atom is 0.318 e. The minimum Gasteiger partial charge on any atom is -0.467 e. The molecule has 0 bridgehead atoms. The first-order valence-electron chi connectivity index (χ1n) is 6.75. The zero-order valence-electron chi connectivity index (χ0n) is 13.6. The number of amides is 1. The molecular formula is C14H20N6O2. The highest BCUT2D eigenvalue weighted by Crippen LogP contribution is 2.24. The molecule has 2 aromatic heterocycles. The lowest BCUT2D eigenvalue weighted by Crippen LogP contribution is -2.19. The van der Waals surface area contributed by atoms with Crippen LogP contribution in [-0.2, 0) is 7.05 Å². The van der Waals surface area contributed by atoms with Crippen molar-refractivity contribution in [3.8, 4) is 6.01 Å². The maximum absolute atomic E-state index is 12.5. The van der Waals surface area contributed by atoms with Crippen LogP contribution in [0.25, 0.3) is 0 Å². The number of aromatic nitrogens is 4. The van der Waals surface area contributed by atoms with E-state index in [0.717, 1.165) is 5.69 Å². The predicted molar refractivity (Wildman–Crippen MR) is 83.5 cm³/mol. The van der Waals surface area contributed by atoms with Crippen molar-refractivity contribution < 1.29 is 9.53 Å². The molecule has 0 aromatic carbocycles. The van der Waals surface area contributed by atoms with Crippen LogP contribution in [0.15, 0.2) is 6.20 Å². The third-order valence-corrected chi connectivity index (χ3v) is 3.34. The second-order valence-electron chi connectivity index (χ2n) is 5.11. The molecule has 8 nitrogen and oxygen atoms in total. The van der Waals surface area contributed by atoms with Crippen LogP contribution in [0, 0.1) is 13.8 Å².